The second kappa shape index (κ2) is 9.45. The Hall–Kier alpha value is -2.48. The van der Waals surface area contributed by atoms with Crippen molar-refractivity contribution in [2.45, 2.75) is 12.5 Å². The molecule has 2 aromatic carbocycles. The van der Waals surface area contributed by atoms with Crippen molar-refractivity contribution in [3.05, 3.63) is 47.5 Å². The van der Waals surface area contributed by atoms with Gasteiger partial charge in [0.1, 0.15) is 0 Å². The summed E-state index contributed by atoms with van der Waals surface area (Å²) >= 11 is 0. The van der Waals surface area contributed by atoms with Crippen LogP contribution in [0.25, 0.3) is 0 Å². The number of aliphatic hydroxyl groups excluding tert-OH is 3. The van der Waals surface area contributed by atoms with E-state index in [-0.39, 0.29) is 30.5 Å². The molecule has 3 atom stereocenters. The zero-order chi connectivity index (χ0) is 20.0. The molecule has 0 spiro atoms. The molecule has 0 amide bonds. The average Bonchev–Trinajstić information content (AvgIpc) is 2.69. The molecule has 7 heteroatoms. The quantitative estimate of drug-likeness (QED) is 0.450. The predicted octanol–water partition coefficient (Wildman–Crippen LogP) is 1.61. The van der Waals surface area contributed by atoms with Crippen molar-refractivity contribution < 1.29 is 35.0 Å². The van der Waals surface area contributed by atoms with E-state index in [1.165, 1.54) is 32.4 Å². The molecule has 0 saturated heterocycles. The number of aliphatic hydroxyl groups is 3. The molecular weight excluding hydrogens is 352 g/mol. The first kappa shape index (κ1) is 20.8. The molecule has 0 aliphatic heterocycles. The van der Waals surface area contributed by atoms with Gasteiger partial charge in [0.15, 0.2) is 23.0 Å². The van der Waals surface area contributed by atoms with Gasteiger partial charge >= 0.3 is 0 Å². The summed E-state index contributed by atoms with van der Waals surface area (Å²) in [6, 6.07) is 9.31. The van der Waals surface area contributed by atoms with Crippen LogP contribution < -0.4 is 9.47 Å². The number of rotatable bonds is 9. The standard InChI is InChI=1S/C20H26O7/c1-26-18-8-12(3-5-16(18)23)7-14(10-21)15(11-22)20(25)13-4-6-17(24)19(9-13)27-2/h3-6,8-9,14-15,20-25H,7,10-11H2,1-2H3/t14-,15-,20+/m0/s1. The van der Waals surface area contributed by atoms with Crippen molar-refractivity contribution in [2.75, 3.05) is 27.4 Å². The minimum absolute atomic E-state index is 0.0109. The summed E-state index contributed by atoms with van der Waals surface area (Å²) < 4.78 is 10.2. The SMILES string of the molecule is COc1cc(C[C@@H](CO)[C@H](CO)[C@H](O)c2ccc(O)c(OC)c2)ccc1O. The van der Waals surface area contributed by atoms with E-state index in [9.17, 15) is 25.5 Å². The van der Waals surface area contributed by atoms with E-state index in [0.717, 1.165) is 5.56 Å². The van der Waals surface area contributed by atoms with E-state index in [1.807, 2.05) is 0 Å². The van der Waals surface area contributed by atoms with Gasteiger partial charge in [0.2, 0.25) is 0 Å². The number of phenolic OH excluding ortho intramolecular Hbond substituents is 2. The number of aromatic hydroxyl groups is 2. The second-order valence-corrected chi connectivity index (χ2v) is 6.38. The minimum Gasteiger partial charge on any atom is -0.504 e. The number of hydrogen-bond donors (Lipinski definition) is 5. The molecule has 0 aromatic heterocycles. The maximum Gasteiger partial charge on any atom is 0.160 e. The van der Waals surface area contributed by atoms with Crippen LogP contribution in [-0.2, 0) is 6.42 Å². The summed E-state index contributed by atoms with van der Waals surface area (Å²) in [6.45, 7) is -0.592. The zero-order valence-electron chi connectivity index (χ0n) is 15.4. The number of phenols is 2. The van der Waals surface area contributed by atoms with E-state index in [0.29, 0.717) is 17.7 Å². The van der Waals surface area contributed by atoms with Gasteiger partial charge in [-0.1, -0.05) is 12.1 Å². The molecule has 5 N–H and O–H groups in total. The first-order valence-electron chi connectivity index (χ1n) is 8.57. The summed E-state index contributed by atoms with van der Waals surface area (Å²) in [5, 5.41) is 49.8. The van der Waals surface area contributed by atoms with Crippen LogP contribution in [0.1, 0.15) is 17.2 Å². The number of hydrogen-bond acceptors (Lipinski definition) is 7. The van der Waals surface area contributed by atoms with Crippen LogP contribution in [0.2, 0.25) is 0 Å². The molecule has 0 unspecified atom stereocenters. The number of ether oxygens (including phenoxy) is 2. The highest BCUT2D eigenvalue weighted by Crippen LogP contribution is 2.35. The molecule has 27 heavy (non-hydrogen) atoms. The van der Waals surface area contributed by atoms with Crippen LogP contribution in [0.5, 0.6) is 23.0 Å². The van der Waals surface area contributed by atoms with Gasteiger partial charge in [-0.15, -0.1) is 0 Å². The largest absolute Gasteiger partial charge is 0.504 e. The lowest BCUT2D eigenvalue weighted by molar-refractivity contribution is 0.0124. The van der Waals surface area contributed by atoms with Crippen molar-refractivity contribution in [3.63, 3.8) is 0 Å². The van der Waals surface area contributed by atoms with Crippen LogP contribution in [0, 0.1) is 11.8 Å². The second-order valence-electron chi connectivity index (χ2n) is 6.38. The van der Waals surface area contributed by atoms with Gasteiger partial charge in [-0.05, 0) is 47.7 Å². The van der Waals surface area contributed by atoms with Crippen molar-refractivity contribution in [2.24, 2.45) is 11.8 Å². The third-order valence-corrected chi connectivity index (χ3v) is 4.74. The summed E-state index contributed by atoms with van der Waals surface area (Å²) in [5.41, 5.74) is 1.25. The Labute approximate surface area is 158 Å². The van der Waals surface area contributed by atoms with Crippen molar-refractivity contribution in [1.82, 2.24) is 0 Å². The zero-order valence-corrected chi connectivity index (χ0v) is 15.4. The lowest BCUT2D eigenvalue weighted by Crippen LogP contribution is -2.29. The van der Waals surface area contributed by atoms with E-state index in [4.69, 9.17) is 9.47 Å². The topological polar surface area (TPSA) is 120 Å². The highest BCUT2D eigenvalue weighted by atomic mass is 16.5. The molecule has 0 heterocycles. The summed E-state index contributed by atoms with van der Waals surface area (Å²) in [6.07, 6.45) is -0.703. The van der Waals surface area contributed by atoms with Gasteiger partial charge in [-0.2, -0.15) is 0 Å². The van der Waals surface area contributed by atoms with Crippen LogP contribution in [0.3, 0.4) is 0 Å². The van der Waals surface area contributed by atoms with Crippen LogP contribution >= 0.6 is 0 Å². The molecular formula is C20H26O7. The molecule has 0 bridgehead atoms. The Bertz CT molecular complexity index is 747. The Morgan fingerprint density at radius 3 is 2.00 bits per heavy atom. The number of methoxy groups -OCH3 is 2. The Balaban J connectivity index is 2.24. The van der Waals surface area contributed by atoms with Crippen LogP contribution in [0.4, 0.5) is 0 Å². The normalized spacial score (nSPS) is 14.4. The average molecular weight is 378 g/mol. The summed E-state index contributed by atoms with van der Waals surface area (Å²) in [4.78, 5) is 0. The molecule has 7 nitrogen and oxygen atoms in total. The van der Waals surface area contributed by atoms with Crippen molar-refractivity contribution in [1.29, 1.82) is 0 Å². The Morgan fingerprint density at radius 2 is 1.44 bits per heavy atom. The lowest BCUT2D eigenvalue weighted by atomic mass is 9.81. The highest BCUT2D eigenvalue weighted by Gasteiger charge is 2.29. The molecule has 0 fully saturated rings. The van der Waals surface area contributed by atoms with Gasteiger partial charge in [0.05, 0.1) is 20.3 Å². The highest BCUT2D eigenvalue weighted by molar-refractivity contribution is 5.43. The smallest absolute Gasteiger partial charge is 0.160 e. The van der Waals surface area contributed by atoms with E-state index in [1.54, 1.807) is 18.2 Å². The first-order valence-corrected chi connectivity index (χ1v) is 8.57. The lowest BCUT2D eigenvalue weighted by Gasteiger charge is -2.29. The fourth-order valence-electron chi connectivity index (χ4n) is 3.14. The van der Waals surface area contributed by atoms with Gasteiger partial charge in [0.25, 0.3) is 0 Å². The fraction of sp³-hybridized carbons (Fsp3) is 0.400. The monoisotopic (exact) mass is 378 g/mol. The molecule has 2 rings (SSSR count). The first-order chi connectivity index (χ1) is 12.9. The molecule has 0 aliphatic carbocycles. The summed E-state index contributed by atoms with van der Waals surface area (Å²) in [7, 11) is 2.85. The summed E-state index contributed by atoms with van der Waals surface area (Å²) in [5.74, 6) is -0.607. The molecule has 148 valence electrons. The molecule has 0 saturated carbocycles. The maximum atomic E-state index is 10.7. The van der Waals surface area contributed by atoms with E-state index < -0.39 is 17.9 Å². The Kier molecular flexibility index (Phi) is 7.29. The van der Waals surface area contributed by atoms with Crippen molar-refractivity contribution >= 4 is 0 Å². The van der Waals surface area contributed by atoms with Gasteiger partial charge in [-0.3, -0.25) is 0 Å². The predicted molar refractivity (Wildman–Crippen MR) is 99.1 cm³/mol. The minimum atomic E-state index is -1.07. The molecule has 2 aromatic rings. The fourth-order valence-corrected chi connectivity index (χ4v) is 3.14. The third-order valence-electron chi connectivity index (χ3n) is 4.74. The van der Waals surface area contributed by atoms with Crippen LogP contribution in [0.15, 0.2) is 36.4 Å². The van der Waals surface area contributed by atoms with E-state index >= 15 is 0 Å². The maximum absolute atomic E-state index is 10.7. The molecule has 0 radical (unpaired) electrons. The van der Waals surface area contributed by atoms with E-state index in [2.05, 4.69) is 0 Å². The number of benzene rings is 2. The van der Waals surface area contributed by atoms with Gasteiger partial charge in [-0.25, -0.2) is 0 Å². The van der Waals surface area contributed by atoms with Gasteiger partial charge < -0.3 is 35.0 Å². The van der Waals surface area contributed by atoms with Crippen molar-refractivity contribution in [3.8, 4) is 23.0 Å². The van der Waals surface area contributed by atoms with Gasteiger partial charge in [0, 0.05) is 19.1 Å². The Morgan fingerprint density at radius 1 is 0.852 bits per heavy atom. The third kappa shape index (κ3) is 4.82. The van der Waals surface area contributed by atoms with Crippen LogP contribution in [-0.4, -0.2) is 53.0 Å². The molecule has 0 aliphatic rings.